The number of benzene rings is 1. The zero-order valence-electron chi connectivity index (χ0n) is 13.7. The number of piperidine rings is 1. The Labute approximate surface area is 140 Å². The van der Waals surface area contributed by atoms with Gasteiger partial charge in [-0.2, -0.15) is 15.0 Å². The molecule has 0 bridgehead atoms. The van der Waals surface area contributed by atoms with Crippen molar-refractivity contribution in [1.29, 1.82) is 0 Å². The van der Waals surface area contributed by atoms with E-state index in [1.165, 1.54) is 11.2 Å². The monoisotopic (exact) mass is 327 g/mol. The third kappa shape index (κ3) is 3.79. The van der Waals surface area contributed by atoms with Gasteiger partial charge in [-0.1, -0.05) is 6.07 Å². The van der Waals surface area contributed by atoms with Gasteiger partial charge in [0.25, 0.3) is 11.8 Å². The maximum absolute atomic E-state index is 12.5. The zero-order valence-corrected chi connectivity index (χ0v) is 13.7. The Morgan fingerprint density at radius 2 is 1.92 bits per heavy atom. The van der Waals surface area contributed by atoms with Gasteiger partial charge < -0.3 is 10.2 Å². The number of nitrogens with one attached hydrogen (secondary N) is 1. The molecule has 126 valence electrons. The molecule has 0 unspecified atom stereocenters. The first-order chi connectivity index (χ1) is 11.6. The highest BCUT2D eigenvalue weighted by molar-refractivity contribution is 5.99. The van der Waals surface area contributed by atoms with Crippen LogP contribution in [-0.2, 0) is 13.6 Å². The second-order valence-corrected chi connectivity index (χ2v) is 5.94. The molecule has 1 fully saturated rings. The number of aromatic nitrogens is 3. The average Bonchev–Trinajstić information content (AvgIpc) is 3.05. The summed E-state index contributed by atoms with van der Waals surface area (Å²) in [6.07, 6.45) is 4.87. The van der Waals surface area contributed by atoms with Gasteiger partial charge in [-0.15, -0.1) is 0 Å². The summed E-state index contributed by atoms with van der Waals surface area (Å²) in [5.41, 5.74) is 1.72. The van der Waals surface area contributed by atoms with Crippen molar-refractivity contribution in [2.45, 2.75) is 25.8 Å². The summed E-state index contributed by atoms with van der Waals surface area (Å²) in [5.74, 6) is -0.229. The second kappa shape index (κ2) is 7.25. The topological polar surface area (TPSA) is 80.1 Å². The molecule has 1 N–H and O–H groups in total. The molecule has 24 heavy (non-hydrogen) atoms. The minimum absolute atomic E-state index is 0.00160. The van der Waals surface area contributed by atoms with E-state index in [2.05, 4.69) is 15.5 Å². The largest absolute Gasteiger partial charge is 0.346 e. The van der Waals surface area contributed by atoms with E-state index in [4.69, 9.17) is 0 Å². The van der Waals surface area contributed by atoms with Crippen LogP contribution in [0.5, 0.6) is 0 Å². The molecule has 2 aromatic rings. The van der Waals surface area contributed by atoms with Crippen molar-refractivity contribution in [1.82, 2.24) is 25.2 Å². The summed E-state index contributed by atoms with van der Waals surface area (Å²) >= 11 is 0. The van der Waals surface area contributed by atoms with Crippen LogP contribution in [0, 0.1) is 0 Å². The number of likely N-dealkylation sites (tertiary alicyclic amines) is 1. The number of carbonyl (C=O) groups excluding carboxylic acids is 2. The van der Waals surface area contributed by atoms with Crippen molar-refractivity contribution >= 4 is 11.8 Å². The van der Waals surface area contributed by atoms with Gasteiger partial charge in [-0.05, 0) is 37.5 Å². The van der Waals surface area contributed by atoms with Crippen molar-refractivity contribution in [3.63, 3.8) is 0 Å². The van der Waals surface area contributed by atoms with Gasteiger partial charge in [0.05, 0.1) is 12.7 Å². The normalized spacial score (nSPS) is 14.5. The van der Waals surface area contributed by atoms with Crippen LogP contribution in [0.1, 0.15) is 45.7 Å². The standard InChI is InChI=1S/C17H21N5O2/c1-21-19-12-15(20-21)11-18-16(23)13-6-5-7-14(10-13)17(24)22-8-3-2-4-9-22/h5-7,10,12H,2-4,8-9,11H2,1H3,(H,18,23). The van der Waals surface area contributed by atoms with Gasteiger partial charge in [0.15, 0.2) is 0 Å². The van der Waals surface area contributed by atoms with Crippen LogP contribution in [0.15, 0.2) is 30.5 Å². The predicted octanol–water partition coefficient (Wildman–Crippen LogP) is 1.37. The van der Waals surface area contributed by atoms with E-state index in [1.54, 1.807) is 37.5 Å². The number of hydrogen-bond acceptors (Lipinski definition) is 4. The molecule has 0 radical (unpaired) electrons. The molecule has 3 rings (SSSR count). The highest BCUT2D eigenvalue weighted by atomic mass is 16.2. The number of aryl methyl sites for hydroxylation is 1. The molecular weight excluding hydrogens is 306 g/mol. The van der Waals surface area contributed by atoms with Crippen molar-refractivity contribution in [2.75, 3.05) is 13.1 Å². The Bertz CT molecular complexity index is 734. The van der Waals surface area contributed by atoms with Crippen molar-refractivity contribution in [3.05, 3.63) is 47.3 Å². The van der Waals surface area contributed by atoms with Crippen molar-refractivity contribution in [3.8, 4) is 0 Å². The SMILES string of the molecule is Cn1ncc(CNC(=O)c2cccc(C(=O)N3CCCCC3)c2)n1. The third-order valence-electron chi connectivity index (χ3n) is 4.09. The fourth-order valence-electron chi connectivity index (χ4n) is 2.81. The lowest BCUT2D eigenvalue weighted by atomic mass is 10.1. The molecule has 1 saturated heterocycles. The summed E-state index contributed by atoms with van der Waals surface area (Å²) in [6, 6.07) is 6.87. The molecular formula is C17H21N5O2. The molecule has 7 heteroatoms. The Morgan fingerprint density at radius 3 is 2.62 bits per heavy atom. The van der Waals surface area contributed by atoms with Crippen LogP contribution in [0.3, 0.4) is 0 Å². The lowest BCUT2D eigenvalue weighted by molar-refractivity contribution is 0.0724. The van der Waals surface area contributed by atoms with Crippen molar-refractivity contribution < 1.29 is 9.59 Å². The van der Waals surface area contributed by atoms with Crippen LogP contribution in [0.4, 0.5) is 0 Å². The smallest absolute Gasteiger partial charge is 0.253 e. The number of carbonyl (C=O) groups is 2. The summed E-state index contributed by atoms with van der Waals surface area (Å²) in [4.78, 5) is 28.1. The van der Waals surface area contributed by atoms with E-state index in [-0.39, 0.29) is 11.8 Å². The fourth-order valence-corrected chi connectivity index (χ4v) is 2.81. The summed E-state index contributed by atoms with van der Waals surface area (Å²) in [6.45, 7) is 1.89. The second-order valence-electron chi connectivity index (χ2n) is 5.94. The van der Waals surface area contributed by atoms with Gasteiger partial charge in [-0.3, -0.25) is 9.59 Å². The Balaban J connectivity index is 1.65. The Hall–Kier alpha value is -2.70. The number of amides is 2. The molecule has 0 aliphatic carbocycles. The molecule has 7 nitrogen and oxygen atoms in total. The van der Waals surface area contributed by atoms with E-state index >= 15 is 0 Å². The highest BCUT2D eigenvalue weighted by Crippen LogP contribution is 2.14. The van der Waals surface area contributed by atoms with Gasteiger partial charge >= 0.3 is 0 Å². The number of rotatable bonds is 4. The van der Waals surface area contributed by atoms with Crippen molar-refractivity contribution in [2.24, 2.45) is 7.05 Å². The van der Waals surface area contributed by atoms with E-state index in [0.29, 0.717) is 23.4 Å². The van der Waals surface area contributed by atoms with Gasteiger partial charge in [-0.25, -0.2) is 0 Å². The molecule has 1 aromatic heterocycles. The minimum Gasteiger partial charge on any atom is -0.346 e. The first kappa shape index (κ1) is 16.2. The number of hydrogen-bond donors (Lipinski definition) is 1. The van der Waals surface area contributed by atoms with Crippen LogP contribution in [0.25, 0.3) is 0 Å². The third-order valence-corrected chi connectivity index (χ3v) is 4.09. The van der Waals surface area contributed by atoms with Crippen LogP contribution in [-0.4, -0.2) is 44.8 Å². The molecule has 0 saturated carbocycles. The molecule has 0 atom stereocenters. The first-order valence-electron chi connectivity index (χ1n) is 8.16. The van der Waals surface area contributed by atoms with Crippen LogP contribution in [0.2, 0.25) is 0 Å². The van der Waals surface area contributed by atoms with E-state index in [0.717, 1.165) is 25.9 Å². The minimum atomic E-state index is -0.228. The first-order valence-corrected chi connectivity index (χ1v) is 8.16. The molecule has 2 amide bonds. The summed E-state index contributed by atoms with van der Waals surface area (Å²) in [7, 11) is 1.72. The predicted molar refractivity (Wildman–Crippen MR) is 88.4 cm³/mol. The molecule has 2 heterocycles. The maximum Gasteiger partial charge on any atom is 0.253 e. The van der Waals surface area contributed by atoms with Crippen LogP contribution >= 0.6 is 0 Å². The lowest BCUT2D eigenvalue weighted by Gasteiger charge is -2.26. The Kier molecular flexibility index (Phi) is 4.88. The summed E-state index contributed by atoms with van der Waals surface area (Å²) < 4.78 is 0. The zero-order chi connectivity index (χ0) is 16.9. The summed E-state index contributed by atoms with van der Waals surface area (Å²) in [5, 5.41) is 10.9. The van der Waals surface area contributed by atoms with Gasteiger partial charge in [0.1, 0.15) is 5.69 Å². The number of nitrogens with zero attached hydrogens (tertiary/aromatic N) is 4. The van der Waals surface area contributed by atoms with Crippen LogP contribution < -0.4 is 5.32 Å². The maximum atomic E-state index is 12.5. The molecule has 1 aliphatic rings. The van der Waals surface area contributed by atoms with E-state index < -0.39 is 0 Å². The van der Waals surface area contributed by atoms with Gasteiger partial charge in [0, 0.05) is 31.3 Å². The molecule has 1 aliphatic heterocycles. The van der Waals surface area contributed by atoms with E-state index in [1.807, 2.05) is 4.90 Å². The van der Waals surface area contributed by atoms with E-state index in [9.17, 15) is 9.59 Å². The molecule has 1 aromatic carbocycles. The fraction of sp³-hybridized carbons (Fsp3) is 0.412. The Morgan fingerprint density at radius 1 is 1.17 bits per heavy atom. The van der Waals surface area contributed by atoms with Gasteiger partial charge in [0.2, 0.25) is 0 Å². The lowest BCUT2D eigenvalue weighted by Crippen LogP contribution is -2.35. The average molecular weight is 327 g/mol. The highest BCUT2D eigenvalue weighted by Gasteiger charge is 2.19. The molecule has 0 spiro atoms. The quantitative estimate of drug-likeness (QED) is 0.920.